The van der Waals surface area contributed by atoms with Gasteiger partial charge in [0, 0.05) is 17.6 Å². The maximum atomic E-state index is 10.3. The quantitative estimate of drug-likeness (QED) is 0.759. The second kappa shape index (κ2) is 7.40. The highest BCUT2D eigenvalue weighted by molar-refractivity contribution is 5.85. The summed E-state index contributed by atoms with van der Waals surface area (Å²) in [6, 6.07) is 17.6. The molecular weight excluding hydrogens is 298 g/mol. The van der Waals surface area contributed by atoms with Gasteiger partial charge in [-0.15, -0.1) is 12.4 Å². The molecule has 0 aliphatic carbocycles. The van der Waals surface area contributed by atoms with Gasteiger partial charge in [0.05, 0.1) is 18.2 Å². The van der Waals surface area contributed by atoms with E-state index >= 15 is 0 Å². The van der Waals surface area contributed by atoms with Gasteiger partial charge in [0.25, 0.3) is 0 Å². The van der Waals surface area contributed by atoms with Gasteiger partial charge in [-0.25, -0.2) is 0 Å². The summed E-state index contributed by atoms with van der Waals surface area (Å²) in [5.74, 6) is 0. The van der Waals surface area contributed by atoms with Gasteiger partial charge in [0.1, 0.15) is 0 Å². The van der Waals surface area contributed by atoms with Crippen molar-refractivity contribution >= 4 is 23.3 Å². The smallest absolute Gasteiger partial charge is 0.0923 e. The number of aromatic nitrogens is 2. The van der Waals surface area contributed by atoms with Gasteiger partial charge in [-0.1, -0.05) is 48.5 Å². The molecule has 0 spiro atoms. The van der Waals surface area contributed by atoms with Crippen LogP contribution >= 0.6 is 12.4 Å². The monoisotopic (exact) mass is 317 g/mol. The molecule has 1 heterocycles. The van der Waals surface area contributed by atoms with E-state index in [4.69, 9.17) is 5.73 Å². The van der Waals surface area contributed by atoms with Crippen molar-refractivity contribution < 1.29 is 5.11 Å². The molecule has 0 saturated heterocycles. The number of aliphatic hydroxyl groups is 1. The van der Waals surface area contributed by atoms with E-state index in [9.17, 15) is 5.11 Å². The Balaban J connectivity index is 0.00000176. The van der Waals surface area contributed by atoms with E-state index < -0.39 is 6.10 Å². The number of nitrogens with zero attached hydrogens (tertiary/aromatic N) is 2. The lowest BCUT2D eigenvalue weighted by atomic mass is 10.0. The Labute approximate surface area is 136 Å². The predicted molar refractivity (Wildman–Crippen MR) is 91.1 cm³/mol. The minimum Gasteiger partial charge on any atom is -0.390 e. The summed E-state index contributed by atoms with van der Waals surface area (Å²) in [5, 5.41) is 15.8. The fraction of sp³-hybridized carbons (Fsp3) is 0.235. The molecule has 0 aliphatic rings. The van der Waals surface area contributed by atoms with E-state index in [1.807, 2.05) is 60.8 Å². The van der Waals surface area contributed by atoms with Gasteiger partial charge in [-0.3, -0.25) is 4.68 Å². The number of benzene rings is 2. The minimum absolute atomic E-state index is 0. The van der Waals surface area contributed by atoms with Gasteiger partial charge in [-0.05, 0) is 18.1 Å². The molecule has 2 atom stereocenters. The topological polar surface area (TPSA) is 64.1 Å². The van der Waals surface area contributed by atoms with Gasteiger partial charge < -0.3 is 10.8 Å². The second-order valence-corrected chi connectivity index (χ2v) is 5.33. The Bertz CT molecular complexity index is 681. The summed E-state index contributed by atoms with van der Waals surface area (Å²) in [6.45, 7) is 0.405. The number of hydrogen-bond donors (Lipinski definition) is 2. The molecule has 0 bridgehead atoms. The summed E-state index contributed by atoms with van der Waals surface area (Å²) in [5.41, 5.74) is 8.17. The molecular formula is C17H20ClN3O. The number of halogens is 1. The van der Waals surface area contributed by atoms with Crippen LogP contribution in [-0.4, -0.2) is 27.0 Å². The molecule has 3 aromatic rings. The molecule has 116 valence electrons. The van der Waals surface area contributed by atoms with Crippen molar-refractivity contribution in [3.8, 4) is 0 Å². The zero-order chi connectivity index (χ0) is 14.7. The number of rotatable bonds is 5. The summed E-state index contributed by atoms with van der Waals surface area (Å²) < 4.78 is 1.76. The van der Waals surface area contributed by atoms with Crippen LogP contribution in [0.2, 0.25) is 0 Å². The van der Waals surface area contributed by atoms with Crippen LogP contribution in [0.1, 0.15) is 5.56 Å². The fourth-order valence-corrected chi connectivity index (χ4v) is 2.46. The molecule has 2 aromatic carbocycles. The molecule has 3 rings (SSSR count). The number of hydrogen-bond acceptors (Lipinski definition) is 3. The third-order valence-electron chi connectivity index (χ3n) is 3.64. The molecule has 0 saturated carbocycles. The molecule has 2 unspecified atom stereocenters. The Morgan fingerprint density at radius 2 is 1.73 bits per heavy atom. The second-order valence-electron chi connectivity index (χ2n) is 5.33. The van der Waals surface area contributed by atoms with Gasteiger partial charge in [-0.2, -0.15) is 5.10 Å². The molecule has 1 aromatic heterocycles. The summed E-state index contributed by atoms with van der Waals surface area (Å²) >= 11 is 0. The summed E-state index contributed by atoms with van der Waals surface area (Å²) in [4.78, 5) is 0. The minimum atomic E-state index is -0.625. The van der Waals surface area contributed by atoms with Crippen LogP contribution in [0, 0.1) is 0 Å². The van der Waals surface area contributed by atoms with Crippen molar-refractivity contribution in [3.05, 3.63) is 66.4 Å². The van der Waals surface area contributed by atoms with Gasteiger partial charge in [0.15, 0.2) is 0 Å². The van der Waals surface area contributed by atoms with Crippen LogP contribution in [-0.2, 0) is 13.0 Å². The van der Waals surface area contributed by atoms with Crippen LogP contribution in [0.25, 0.3) is 10.9 Å². The van der Waals surface area contributed by atoms with Crippen LogP contribution in [0.15, 0.2) is 60.8 Å². The predicted octanol–water partition coefficient (Wildman–Crippen LogP) is 2.39. The van der Waals surface area contributed by atoms with E-state index in [1.54, 1.807) is 4.68 Å². The number of aliphatic hydroxyl groups excluding tert-OH is 1. The van der Waals surface area contributed by atoms with Gasteiger partial charge in [0.2, 0.25) is 0 Å². The Morgan fingerprint density at radius 1 is 1.05 bits per heavy atom. The molecule has 0 fully saturated rings. The maximum Gasteiger partial charge on any atom is 0.0923 e. The molecule has 4 nitrogen and oxygen atoms in total. The van der Waals surface area contributed by atoms with Crippen molar-refractivity contribution in [1.29, 1.82) is 0 Å². The average Bonchev–Trinajstić information content (AvgIpc) is 2.90. The van der Waals surface area contributed by atoms with E-state index in [0.29, 0.717) is 13.0 Å². The zero-order valence-electron chi connectivity index (χ0n) is 12.2. The summed E-state index contributed by atoms with van der Waals surface area (Å²) in [7, 11) is 0. The number of fused-ring (bicyclic) bond motifs is 1. The third kappa shape index (κ3) is 3.85. The van der Waals surface area contributed by atoms with Crippen molar-refractivity contribution in [1.82, 2.24) is 9.78 Å². The van der Waals surface area contributed by atoms with Crippen LogP contribution in [0.5, 0.6) is 0 Å². The third-order valence-corrected chi connectivity index (χ3v) is 3.64. The van der Waals surface area contributed by atoms with E-state index in [-0.39, 0.29) is 18.4 Å². The number of nitrogens with two attached hydrogens (primary N) is 1. The van der Waals surface area contributed by atoms with Crippen LogP contribution in [0.4, 0.5) is 0 Å². The SMILES string of the molecule is Cl.NC(Cc1ccccc1)C(O)Cn1cc2ccccc2n1. The normalized spacial score (nSPS) is 13.5. The molecule has 3 N–H and O–H groups in total. The highest BCUT2D eigenvalue weighted by Gasteiger charge is 2.16. The maximum absolute atomic E-state index is 10.3. The van der Waals surface area contributed by atoms with Crippen molar-refractivity contribution in [3.63, 3.8) is 0 Å². The lowest BCUT2D eigenvalue weighted by Gasteiger charge is -2.18. The lowest BCUT2D eigenvalue weighted by Crippen LogP contribution is -2.39. The first kappa shape index (κ1) is 16.5. The first-order chi connectivity index (χ1) is 10.2. The Hall–Kier alpha value is -1.88. The first-order valence-corrected chi connectivity index (χ1v) is 7.12. The van der Waals surface area contributed by atoms with E-state index in [1.165, 1.54) is 0 Å². The average molecular weight is 318 g/mol. The summed E-state index contributed by atoms with van der Waals surface area (Å²) in [6.07, 6.45) is 1.97. The van der Waals surface area contributed by atoms with E-state index in [2.05, 4.69) is 5.10 Å². The molecule has 0 radical (unpaired) electrons. The highest BCUT2D eigenvalue weighted by Crippen LogP contribution is 2.12. The fourth-order valence-electron chi connectivity index (χ4n) is 2.46. The Morgan fingerprint density at radius 3 is 2.45 bits per heavy atom. The van der Waals surface area contributed by atoms with Crippen LogP contribution < -0.4 is 5.73 Å². The van der Waals surface area contributed by atoms with Crippen molar-refractivity contribution in [2.24, 2.45) is 5.73 Å². The van der Waals surface area contributed by atoms with E-state index in [0.717, 1.165) is 16.5 Å². The van der Waals surface area contributed by atoms with Gasteiger partial charge >= 0.3 is 0 Å². The molecule has 0 aliphatic heterocycles. The molecule has 0 amide bonds. The highest BCUT2D eigenvalue weighted by atomic mass is 35.5. The van der Waals surface area contributed by atoms with Crippen molar-refractivity contribution in [2.75, 3.05) is 0 Å². The lowest BCUT2D eigenvalue weighted by molar-refractivity contribution is 0.121. The largest absolute Gasteiger partial charge is 0.390 e. The molecule has 5 heteroatoms. The van der Waals surface area contributed by atoms with Crippen LogP contribution in [0.3, 0.4) is 0 Å². The molecule has 22 heavy (non-hydrogen) atoms. The Kier molecular flexibility index (Phi) is 5.55. The zero-order valence-corrected chi connectivity index (χ0v) is 13.0. The van der Waals surface area contributed by atoms with Crippen molar-refractivity contribution in [2.45, 2.75) is 25.1 Å². The standard InChI is InChI=1S/C17H19N3O.ClH/c18-15(10-13-6-2-1-3-7-13)17(21)12-20-11-14-8-4-5-9-16(14)19-20;/h1-9,11,15,17,21H,10,12,18H2;1H. The first-order valence-electron chi connectivity index (χ1n) is 7.12.